The maximum Gasteiger partial charge on any atom is 0.410 e. The maximum atomic E-state index is 12.0. The lowest BCUT2D eigenvalue weighted by atomic mass is 9.88. The van der Waals surface area contributed by atoms with Gasteiger partial charge in [-0.2, -0.15) is 0 Å². The van der Waals surface area contributed by atoms with E-state index in [0.717, 1.165) is 6.42 Å². The van der Waals surface area contributed by atoms with Crippen LogP contribution in [0.4, 0.5) is 4.79 Å². The number of carbonyl (C=O) groups is 2. The van der Waals surface area contributed by atoms with Gasteiger partial charge in [0, 0.05) is 25.4 Å². The molecule has 18 heavy (non-hydrogen) atoms. The monoisotopic (exact) mass is 255 g/mol. The molecular weight excluding hydrogens is 230 g/mol. The van der Waals surface area contributed by atoms with Gasteiger partial charge in [-0.3, -0.25) is 4.79 Å². The zero-order valence-corrected chi connectivity index (χ0v) is 12.2. The molecule has 0 spiro atoms. The zero-order chi connectivity index (χ0) is 13.9. The molecule has 1 amide bonds. The quantitative estimate of drug-likeness (QED) is 0.668. The molecule has 1 aliphatic heterocycles. The third kappa shape index (κ3) is 4.31. The van der Waals surface area contributed by atoms with E-state index in [-0.39, 0.29) is 17.9 Å². The molecule has 4 nitrogen and oxygen atoms in total. The number of carbonyl (C=O) groups excluding carboxylic acids is 2. The van der Waals surface area contributed by atoms with Crippen molar-refractivity contribution in [2.75, 3.05) is 13.1 Å². The van der Waals surface area contributed by atoms with Crippen molar-refractivity contribution in [3.63, 3.8) is 0 Å². The number of ether oxygens (including phenoxy) is 1. The average molecular weight is 255 g/mol. The van der Waals surface area contributed by atoms with E-state index < -0.39 is 5.60 Å². The molecule has 0 aromatic rings. The first kappa shape index (κ1) is 15.0. The lowest BCUT2D eigenvalue weighted by Gasteiger charge is -2.32. The number of likely N-dealkylation sites (tertiary alicyclic amines) is 1. The smallest absolute Gasteiger partial charge is 0.410 e. The molecule has 104 valence electrons. The SMILES string of the molecule is C[C@@H]1C(=O)CCCN(C(=O)OC(C)(C)C)C[C@@H]1C. The Kier molecular flexibility index (Phi) is 4.77. The maximum absolute atomic E-state index is 12.0. The molecule has 0 unspecified atom stereocenters. The first-order valence-corrected chi connectivity index (χ1v) is 6.71. The number of hydrogen-bond donors (Lipinski definition) is 0. The van der Waals surface area contributed by atoms with Gasteiger partial charge in [-0.05, 0) is 33.1 Å². The molecule has 1 fully saturated rings. The van der Waals surface area contributed by atoms with Crippen molar-refractivity contribution in [3.8, 4) is 0 Å². The molecule has 1 rings (SSSR count). The van der Waals surface area contributed by atoms with Gasteiger partial charge >= 0.3 is 6.09 Å². The molecule has 1 saturated heterocycles. The van der Waals surface area contributed by atoms with E-state index in [0.29, 0.717) is 25.3 Å². The fourth-order valence-electron chi connectivity index (χ4n) is 2.08. The summed E-state index contributed by atoms with van der Waals surface area (Å²) in [5, 5.41) is 0. The number of ketones is 1. The minimum absolute atomic E-state index is 0.0234. The minimum atomic E-state index is -0.468. The summed E-state index contributed by atoms with van der Waals surface area (Å²) in [5.74, 6) is 0.520. The first-order valence-electron chi connectivity index (χ1n) is 6.71. The molecular formula is C14H25NO3. The normalized spacial score (nSPS) is 26.5. The molecule has 1 heterocycles. The summed E-state index contributed by atoms with van der Waals surface area (Å²) in [6, 6.07) is 0. The van der Waals surface area contributed by atoms with E-state index in [1.165, 1.54) is 0 Å². The van der Waals surface area contributed by atoms with Crippen LogP contribution in [0.3, 0.4) is 0 Å². The Morgan fingerprint density at radius 1 is 1.33 bits per heavy atom. The van der Waals surface area contributed by atoms with E-state index in [1.54, 1.807) is 4.90 Å². The van der Waals surface area contributed by atoms with Crippen LogP contribution in [0.1, 0.15) is 47.5 Å². The zero-order valence-electron chi connectivity index (χ0n) is 12.2. The Morgan fingerprint density at radius 3 is 2.50 bits per heavy atom. The molecule has 1 aliphatic rings. The second-order valence-electron chi connectivity index (χ2n) is 6.26. The molecule has 0 saturated carbocycles. The Morgan fingerprint density at radius 2 is 1.94 bits per heavy atom. The highest BCUT2D eigenvalue weighted by atomic mass is 16.6. The van der Waals surface area contributed by atoms with Crippen molar-refractivity contribution in [1.82, 2.24) is 4.90 Å². The number of Topliss-reactive ketones (excluding diaryl/α,β-unsaturated/α-hetero) is 1. The molecule has 2 atom stereocenters. The van der Waals surface area contributed by atoms with Crippen LogP contribution in [0.5, 0.6) is 0 Å². The van der Waals surface area contributed by atoms with Crippen LogP contribution in [0.15, 0.2) is 0 Å². The van der Waals surface area contributed by atoms with E-state index in [9.17, 15) is 9.59 Å². The summed E-state index contributed by atoms with van der Waals surface area (Å²) in [6.07, 6.45) is 1.02. The second kappa shape index (κ2) is 5.72. The molecule has 0 N–H and O–H groups in total. The Bertz CT molecular complexity index is 319. The van der Waals surface area contributed by atoms with Gasteiger partial charge in [0.2, 0.25) is 0 Å². The van der Waals surface area contributed by atoms with Crippen LogP contribution in [-0.2, 0) is 9.53 Å². The topological polar surface area (TPSA) is 46.6 Å². The van der Waals surface area contributed by atoms with Crippen molar-refractivity contribution in [2.24, 2.45) is 11.8 Å². The number of nitrogens with zero attached hydrogens (tertiary/aromatic N) is 1. The Labute approximate surface area is 110 Å². The van der Waals surface area contributed by atoms with Crippen molar-refractivity contribution < 1.29 is 14.3 Å². The van der Waals surface area contributed by atoms with Gasteiger partial charge in [-0.1, -0.05) is 13.8 Å². The van der Waals surface area contributed by atoms with Crippen LogP contribution >= 0.6 is 0 Å². The molecule has 4 heteroatoms. The van der Waals surface area contributed by atoms with Crippen LogP contribution in [-0.4, -0.2) is 35.5 Å². The Balaban J connectivity index is 2.66. The molecule has 0 aromatic heterocycles. The van der Waals surface area contributed by atoms with Gasteiger partial charge in [0.25, 0.3) is 0 Å². The van der Waals surface area contributed by atoms with Gasteiger partial charge in [0.15, 0.2) is 0 Å². The first-order chi connectivity index (χ1) is 8.20. The lowest BCUT2D eigenvalue weighted by molar-refractivity contribution is -0.124. The second-order valence-corrected chi connectivity index (χ2v) is 6.26. The van der Waals surface area contributed by atoms with Gasteiger partial charge in [0.1, 0.15) is 11.4 Å². The van der Waals surface area contributed by atoms with Gasteiger partial charge < -0.3 is 9.64 Å². The fraction of sp³-hybridized carbons (Fsp3) is 0.857. The lowest BCUT2D eigenvalue weighted by Crippen LogP contribution is -2.43. The van der Waals surface area contributed by atoms with Crippen molar-refractivity contribution in [1.29, 1.82) is 0 Å². The number of amides is 1. The summed E-state index contributed by atoms with van der Waals surface area (Å²) >= 11 is 0. The predicted octanol–water partition coefficient (Wildman–Crippen LogP) is 2.86. The van der Waals surface area contributed by atoms with Crippen molar-refractivity contribution in [3.05, 3.63) is 0 Å². The van der Waals surface area contributed by atoms with Crippen molar-refractivity contribution >= 4 is 11.9 Å². The molecule has 0 bridgehead atoms. The predicted molar refractivity (Wildman–Crippen MR) is 70.4 cm³/mol. The van der Waals surface area contributed by atoms with E-state index in [4.69, 9.17) is 4.74 Å². The summed E-state index contributed by atoms with van der Waals surface area (Å²) in [7, 11) is 0. The minimum Gasteiger partial charge on any atom is -0.444 e. The van der Waals surface area contributed by atoms with Crippen LogP contribution in [0, 0.1) is 11.8 Å². The third-order valence-corrected chi connectivity index (χ3v) is 3.37. The number of rotatable bonds is 0. The average Bonchev–Trinajstić information content (AvgIpc) is 2.22. The highest BCUT2D eigenvalue weighted by Gasteiger charge is 2.29. The largest absolute Gasteiger partial charge is 0.444 e. The molecule has 0 aliphatic carbocycles. The standard InChI is InChI=1S/C14H25NO3/c1-10-9-15(13(17)18-14(3,4)5)8-6-7-12(16)11(10)2/h10-11H,6-9H2,1-5H3/t10-,11-/m0/s1. The summed E-state index contributed by atoms with van der Waals surface area (Å²) in [6.45, 7) is 10.8. The fourth-order valence-corrected chi connectivity index (χ4v) is 2.08. The van der Waals surface area contributed by atoms with Crippen LogP contribution < -0.4 is 0 Å². The highest BCUT2D eigenvalue weighted by molar-refractivity contribution is 5.81. The highest BCUT2D eigenvalue weighted by Crippen LogP contribution is 2.21. The van der Waals surface area contributed by atoms with E-state index >= 15 is 0 Å². The van der Waals surface area contributed by atoms with Crippen molar-refractivity contribution in [2.45, 2.75) is 53.1 Å². The third-order valence-electron chi connectivity index (χ3n) is 3.37. The van der Waals surface area contributed by atoms with Gasteiger partial charge in [-0.15, -0.1) is 0 Å². The Hall–Kier alpha value is -1.06. The van der Waals surface area contributed by atoms with Gasteiger partial charge in [-0.25, -0.2) is 4.79 Å². The van der Waals surface area contributed by atoms with E-state index in [2.05, 4.69) is 0 Å². The summed E-state index contributed by atoms with van der Waals surface area (Å²) in [5.41, 5.74) is -0.468. The summed E-state index contributed by atoms with van der Waals surface area (Å²) in [4.78, 5) is 25.5. The molecule has 0 aromatic carbocycles. The van der Waals surface area contributed by atoms with Crippen LogP contribution in [0.25, 0.3) is 0 Å². The summed E-state index contributed by atoms with van der Waals surface area (Å²) < 4.78 is 5.39. The van der Waals surface area contributed by atoms with Crippen LogP contribution in [0.2, 0.25) is 0 Å². The number of hydrogen-bond acceptors (Lipinski definition) is 3. The van der Waals surface area contributed by atoms with E-state index in [1.807, 2.05) is 34.6 Å². The van der Waals surface area contributed by atoms with Gasteiger partial charge in [0.05, 0.1) is 0 Å². The molecule has 0 radical (unpaired) electrons.